The van der Waals surface area contributed by atoms with Gasteiger partial charge in [0.15, 0.2) is 50.3 Å². The minimum atomic E-state index is -2.47. The van der Waals surface area contributed by atoms with Crippen LogP contribution in [-0.2, 0) is 80.6 Å². The van der Waals surface area contributed by atoms with E-state index in [0.29, 0.717) is 0 Å². The topological polar surface area (TPSA) is 682 Å². The predicted octanol–water partition coefficient (Wildman–Crippen LogP) is -18.2. The van der Waals surface area contributed by atoms with Crippen LogP contribution in [0.15, 0.2) is 0 Å². The van der Waals surface area contributed by atoms with Gasteiger partial charge in [0.05, 0.1) is 52.9 Å². The highest BCUT2D eigenvalue weighted by atomic mass is 16.8. The largest absolute Gasteiger partial charge is 0.394 e. The van der Waals surface area contributed by atoms with Gasteiger partial charge in [0.2, 0.25) is 11.8 Å². The molecule has 8 aliphatic rings. The summed E-state index contributed by atoms with van der Waals surface area (Å²) in [5.41, 5.74) is 0. The lowest BCUT2D eigenvalue weighted by molar-refractivity contribution is -0.394. The van der Waals surface area contributed by atoms with Crippen LogP contribution in [0, 0.1) is 0 Å². The van der Waals surface area contributed by atoms with E-state index < -0.39 is 310 Å². The number of aliphatic hydroxyl groups excluding tert-OH is 24. The second-order valence-corrected chi connectivity index (χ2v) is 23.9. The third-order valence-electron chi connectivity index (χ3n) is 17.4. The van der Waals surface area contributed by atoms with Crippen LogP contribution >= 0.6 is 0 Å². The number of carbonyl (C=O) groups excluding carboxylic acids is 2. The Balaban J connectivity index is 1.10. The molecular formula is C52H88N2O41. The fourth-order valence-corrected chi connectivity index (χ4v) is 12.1. The molecule has 8 saturated heterocycles. The fourth-order valence-electron chi connectivity index (χ4n) is 12.1. The molecule has 8 heterocycles. The van der Waals surface area contributed by atoms with Gasteiger partial charge in [0.1, 0.15) is 195 Å². The molecule has 2 amide bonds. The fraction of sp³-hybridized carbons (Fsp3) is 0.962. The van der Waals surface area contributed by atoms with Crippen LogP contribution in [0.25, 0.3) is 0 Å². The van der Waals surface area contributed by atoms with Crippen molar-refractivity contribution in [2.24, 2.45) is 0 Å². The molecule has 0 aromatic rings. The van der Waals surface area contributed by atoms with Gasteiger partial charge in [-0.2, -0.15) is 0 Å². The van der Waals surface area contributed by atoms with Gasteiger partial charge >= 0.3 is 0 Å². The minimum absolute atomic E-state index is 0.764. The van der Waals surface area contributed by atoms with Gasteiger partial charge in [-0.25, -0.2) is 0 Å². The lowest BCUT2D eigenvalue weighted by Gasteiger charge is -2.50. The van der Waals surface area contributed by atoms with Gasteiger partial charge in [-0.15, -0.1) is 0 Å². The lowest BCUT2D eigenvalue weighted by Crippen LogP contribution is -2.70. The first-order valence-electron chi connectivity index (χ1n) is 30.1. The molecule has 8 aliphatic heterocycles. The summed E-state index contributed by atoms with van der Waals surface area (Å²) in [6.45, 7) is -6.21. The number of amides is 2. The Hall–Kier alpha value is -2.62. The Morgan fingerprint density at radius 1 is 0.274 bits per heavy atom. The number of ether oxygens (including phenoxy) is 15. The van der Waals surface area contributed by atoms with Crippen LogP contribution in [0.1, 0.15) is 13.8 Å². The third-order valence-corrected chi connectivity index (χ3v) is 17.4. The summed E-state index contributed by atoms with van der Waals surface area (Å²) in [4.78, 5) is 24.8. The van der Waals surface area contributed by atoms with E-state index in [0.717, 1.165) is 13.8 Å². The van der Waals surface area contributed by atoms with Gasteiger partial charge in [-0.3, -0.25) is 9.59 Å². The summed E-state index contributed by atoms with van der Waals surface area (Å²) in [6, 6.07) is -3.48. The molecule has 43 nitrogen and oxygen atoms in total. The number of rotatable bonds is 24. The van der Waals surface area contributed by atoms with Crippen molar-refractivity contribution in [3.05, 3.63) is 0 Å². The molecule has 0 aromatic heterocycles. The maximum absolute atomic E-state index is 12.8. The molecule has 40 atom stereocenters. The Bertz CT molecular complexity index is 2380. The zero-order chi connectivity index (χ0) is 69.9. The average molecular weight is 1400 g/mol. The van der Waals surface area contributed by atoms with Crippen molar-refractivity contribution in [2.75, 3.05) is 52.9 Å². The van der Waals surface area contributed by atoms with Crippen LogP contribution in [0.4, 0.5) is 0 Å². The zero-order valence-corrected chi connectivity index (χ0v) is 50.4. The van der Waals surface area contributed by atoms with E-state index in [1.807, 2.05) is 0 Å². The Morgan fingerprint density at radius 2 is 0.537 bits per heavy atom. The molecule has 26 N–H and O–H groups in total. The second-order valence-electron chi connectivity index (χ2n) is 23.9. The van der Waals surface area contributed by atoms with Crippen LogP contribution in [-0.4, -0.2) is 433 Å². The average Bonchev–Trinajstić information content (AvgIpc) is 0.779. The molecule has 0 unspecified atom stereocenters. The van der Waals surface area contributed by atoms with Crippen molar-refractivity contribution < 1.29 is 203 Å². The summed E-state index contributed by atoms with van der Waals surface area (Å²) in [5, 5.41) is 266. The summed E-state index contributed by atoms with van der Waals surface area (Å²) < 4.78 is 86.2. The molecule has 95 heavy (non-hydrogen) atoms. The highest BCUT2D eigenvalue weighted by molar-refractivity contribution is 5.73. The first kappa shape index (κ1) is 78.1. The molecule has 0 aliphatic carbocycles. The summed E-state index contributed by atoms with van der Waals surface area (Å²) >= 11 is 0. The summed E-state index contributed by atoms with van der Waals surface area (Å²) in [5.74, 6) is -1.67. The first-order chi connectivity index (χ1) is 44.9. The quantitative estimate of drug-likeness (QED) is 0.0427. The van der Waals surface area contributed by atoms with Crippen LogP contribution in [0.2, 0.25) is 0 Å². The van der Waals surface area contributed by atoms with Gasteiger partial charge in [0.25, 0.3) is 0 Å². The normalized spacial score (nSPS) is 50.8. The molecule has 0 saturated carbocycles. The zero-order valence-electron chi connectivity index (χ0n) is 50.4. The van der Waals surface area contributed by atoms with E-state index in [4.69, 9.17) is 71.1 Å². The summed E-state index contributed by atoms with van der Waals surface area (Å²) in [6.07, 6.45) is -77.4. The number of aliphatic hydroxyl groups is 24. The number of carbonyl (C=O) groups is 2. The Labute approximate surface area is 536 Å². The minimum Gasteiger partial charge on any atom is -0.394 e. The van der Waals surface area contributed by atoms with E-state index in [2.05, 4.69) is 10.6 Å². The van der Waals surface area contributed by atoms with Crippen LogP contribution in [0.3, 0.4) is 0 Å². The number of hydrogen-bond donors (Lipinski definition) is 26. The van der Waals surface area contributed by atoms with Crippen LogP contribution < -0.4 is 10.6 Å². The van der Waals surface area contributed by atoms with Gasteiger partial charge in [-0.1, -0.05) is 0 Å². The molecule has 8 fully saturated rings. The highest BCUT2D eigenvalue weighted by Gasteiger charge is 2.59. The van der Waals surface area contributed by atoms with Gasteiger partial charge < -0.3 is 204 Å². The van der Waals surface area contributed by atoms with E-state index in [1.54, 1.807) is 0 Å². The Kier molecular flexibility index (Phi) is 27.9. The van der Waals surface area contributed by atoms with Crippen molar-refractivity contribution in [2.45, 2.75) is 259 Å². The van der Waals surface area contributed by atoms with Crippen molar-refractivity contribution in [1.82, 2.24) is 10.6 Å². The third kappa shape index (κ3) is 17.0. The number of nitrogens with one attached hydrogen (secondary N) is 2. The van der Waals surface area contributed by atoms with E-state index >= 15 is 0 Å². The smallest absolute Gasteiger partial charge is 0.217 e. The molecular weight excluding hydrogens is 1310 g/mol. The summed E-state index contributed by atoms with van der Waals surface area (Å²) in [7, 11) is 0. The van der Waals surface area contributed by atoms with Gasteiger partial charge in [-0.05, 0) is 0 Å². The lowest BCUT2D eigenvalue weighted by atomic mass is 9.94. The van der Waals surface area contributed by atoms with E-state index in [9.17, 15) is 132 Å². The first-order valence-corrected chi connectivity index (χ1v) is 30.1. The molecule has 0 aromatic carbocycles. The van der Waals surface area contributed by atoms with Crippen molar-refractivity contribution in [1.29, 1.82) is 0 Å². The molecule has 0 spiro atoms. The van der Waals surface area contributed by atoms with E-state index in [1.165, 1.54) is 0 Å². The molecule has 8 rings (SSSR count). The SMILES string of the molecule is CC(=O)N[C@@H]1[C@@H](O)[C@H](O[C@@H]2O[C@H](CO)[C@@H](O[C@@H]3O[C@H](CO[C@H]4O[C@H](CO[C@H]5O[C@H](CO)[C@@H](O)[C@H](O)[C@@H]5O)[C@@H](O)[C@H](O[C@H]5O[C@H](CO)[C@@H](O)[C@H](O)[C@@H]5O)[C@@H]4O)[C@@H](O)[C@H](O[C@H]4O[C@H](CO)[C@@H](O)[C@H](O[C@H]5O[C@H](CO)[C@@H](O)[C@H](O)[C@H]5O)[C@@H]4O)[C@@H]3O)[C@H](O)[C@H]2NC(C)=O)[C@@H](CO)O[C@H]1O. The van der Waals surface area contributed by atoms with Crippen LogP contribution in [0.5, 0.6) is 0 Å². The molecule has 0 radical (unpaired) electrons. The maximum Gasteiger partial charge on any atom is 0.217 e. The molecule has 552 valence electrons. The van der Waals surface area contributed by atoms with E-state index in [-0.39, 0.29) is 0 Å². The highest BCUT2D eigenvalue weighted by Crippen LogP contribution is 2.38. The molecule has 0 bridgehead atoms. The standard InChI is InChI=1S/C52H88N2O41/c1-11(61)53-21-29(69)40(17(7-59)83-45(21)80)91-46-22(54-12(2)62)30(70)41(18(8-60)88-46)92-52-39(79)44(95-51-38(78)42(26(66)16(6-58)87-51)93-49-35(75)32(72)24(64)14(4-56)85-49)28(68)20(90-52)10-82-48-37(77)43(94-50-36(76)33(73)25(65)15(5-57)86-50)27(67)19(89-48)9-81-47-34(74)31(71)23(63)13(3-55)84-47/h13-52,55-60,63-80H,3-10H2,1-2H3,(H,53,61)(H,54,62)/t13-,14-,15-,16-,17-,18-,19-,20-,21-,22-,23-,24-,25-,26-,27-,28-,29-,30-,31+,32+,33+,34+,35-,36+,37+,38+,39+,40-,41-,42+,43+,44+,45-,46+,47+,48+,49-,50-,51-,52+/m1/s1. The molecule has 43 heteroatoms. The number of hydrogen-bond acceptors (Lipinski definition) is 41. The maximum atomic E-state index is 12.8. The van der Waals surface area contributed by atoms with Crippen molar-refractivity contribution >= 4 is 11.8 Å². The Morgan fingerprint density at radius 3 is 0.937 bits per heavy atom. The predicted molar refractivity (Wildman–Crippen MR) is 288 cm³/mol. The monoisotopic (exact) mass is 1400 g/mol. The van der Waals surface area contributed by atoms with Gasteiger partial charge in [0, 0.05) is 13.8 Å². The van der Waals surface area contributed by atoms with Crippen molar-refractivity contribution in [3.8, 4) is 0 Å². The van der Waals surface area contributed by atoms with Crippen molar-refractivity contribution in [3.63, 3.8) is 0 Å². The second kappa shape index (κ2) is 33.9.